The van der Waals surface area contributed by atoms with E-state index in [-0.39, 0.29) is 12.1 Å². The molecule has 1 aliphatic heterocycles. The lowest BCUT2D eigenvalue weighted by Gasteiger charge is -2.18. The monoisotopic (exact) mass is 216 g/mol. The van der Waals surface area contributed by atoms with Crippen molar-refractivity contribution in [1.29, 1.82) is 0 Å². The molecule has 3 nitrogen and oxygen atoms in total. The van der Waals surface area contributed by atoms with Gasteiger partial charge in [-0.05, 0) is 48.5 Å². The Hall–Kier alpha value is -1.32. The number of benzene rings is 1. The Morgan fingerprint density at radius 2 is 2.25 bits per heavy atom. The van der Waals surface area contributed by atoms with Crippen LogP contribution in [-0.2, 0) is 0 Å². The van der Waals surface area contributed by atoms with Crippen molar-refractivity contribution >= 4 is 10.9 Å². The minimum atomic E-state index is -0.387. The number of fused-ring (bicyclic) bond motifs is 1. The summed E-state index contributed by atoms with van der Waals surface area (Å²) in [6.07, 6.45) is 3.76. The molecule has 1 fully saturated rings. The lowest BCUT2D eigenvalue weighted by Crippen LogP contribution is -2.28. The number of rotatable bonds is 2. The number of aliphatic hydroxyl groups excluding tert-OH is 1. The highest BCUT2D eigenvalue weighted by Gasteiger charge is 2.23. The van der Waals surface area contributed by atoms with Crippen molar-refractivity contribution in [3.05, 3.63) is 36.0 Å². The van der Waals surface area contributed by atoms with E-state index in [1.807, 2.05) is 24.4 Å². The molecule has 2 aromatic rings. The maximum atomic E-state index is 10.2. The van der Waals surface area contributed by atoms with Gasteiger partial charge in [0.15, 0.2) is 0 Å². The van der Waals surface area contributed by atoms with Gasteiger partial charge in [-0.1, -0.05) is 6.07 Å². The molecular formula is C13H16N2O. The predicted molar refractivity (Wildman–Crippen MR) is 64.3 cm³/mol. The van der Waals surface area contributed by atoms with Crippen LogP contribution in [0.4, 0.5) is 0 Å². The van der Waals surface area contributed by atoms with E-state index in [0.717, 1.165) is 35.9 Å². The van der Waals surface area contributed by atoms with Crippen LogP contribution >= 0.6 is 0 Å². The number of aromatic nitrogens is 1. The van der Waals surface area contributed by atoms with Gasteiger partial charge in [-0.25, -0.2) is 0 Å². The van der Waals surface area contributed by atoms with Crippen molar-refractivity contribution in [3.8, 4) is 0 Å². The van der Waals surface area contributed by atoms with Gasteiger partial charge in [0, 0.05) is 17.8 Å². The lowest BCUT2D eigenvalue weighted by atomic mass is 10.00. The highest BCUT2D eigenvalue weighted by molar-refractivity contribution is 5.80. The van der Waals surface area contributed by atoms with Crippen LogP contribution in [-0.4, -0.2) is 22.7 Å². The van der Waals surface area contributed by atoms with E-state index in [2.05, 4.69) is 16.4 Å². The first-order valence-corrected chi connectivity index (χ1v) is 5.83. The van der Waals surface area contributed by atoms with Crippen LogP contribution < -0.4 is 5.32 Å². The molecule has 1 aromatic heterocycles. The summed E-state index contributed by atoms with van der Waals surface area (Å²) in [6, 6.07) is 8.35. The topological polar surface area (TPSA) is 48.0 Å². The first-order valence-electron chi connectivity index (χ1n) is 5.83. The quantitative estimate of drug-likeness (QED) is 0.718. The van der Waals surface area contributed by atoms with Crippen molar-refractivity contribution < 1.29 is 5.11 Å². The van der Waals surface area contributed by atoms with Crippen molar-refractivity contribution in [2.24, 2.45) is 0 Å². The van der Waals surface area contributed by atoms with Crippen molar-refractivity contribution in [2.75, 3.05) is 6.54 Å². The second-order valence-corrected chi connectivity index (χ2v) is 4.47. The lowest BCUT2D eigenvalue weighted by molar-refractivity contribution is 0.137. The van der Waals surface area contributed by atoms with E-state index < -0.39 is 0 Å². The Bertz CT molecular complexity index is 485. The molecule has 0 bridgehead atoms. The van der Waals surface area contributed by atoms with E-state index in [9.17, 15) is 5.11 Å². The SMILES string of the molecule is OC(c1ccc2[nH]ccc2c1)C1CCCN1. The molecule has 2 atom stereocenters. The van der Waals surface area contributed by atoms with Gasteiger partial charge in [0.25, 0.3) is 0 Å². The highest BCUT2D eigenvalue weighted by atomic mass is 16.3. The molecule has 0 spiro atoms. The predicted octanol–water partition coefficient (Wildman–Crippen LogP) is 1.95. The molecule has 0 saturated carbocycles. The molecule has 1 saturated heterocycles. The summed E-state index contributed by atoms with van der Waals surface area (Å²) in [4.78, 5) is 3.16. The third-order valence-electron chi connectivity index (χ3n) is 3.40. The molecule has 84 valence electrons. The molecule has 1 aromatic carbocycles. The first-order chi connectivity index (χ1) is 7.84. The largest absolute Gasteiger partial charge is 0.387 e. The zero-order chi connectivity index (χ0) is 11.0. The smallest absolute Gasteiger partial charge is 0.0943 e. The summed E-state index contributed by atoms with van der Waals surface area (Å²) in [5.74, 6) is 0. The summed E-state index contributed by atoms with van der Waals surface area (Å²) in [7, 11) is 0. The maximum Gasteiger partial charge on any atom is 0.0943 e. The summed E-state index contributed by atoms with van der Waals surface area (Å²) in [5.41, 5.74) is 2.13. The molecule has 3 rings (SSSR count). The fourth-order valence-electron chi connectivity index (χ4n) is 2.47. The third kappa shape index (κ3) is 1.62. The normalized spacial score (nSPS) is 22.7. The Morgan fingerprint density at radius 1 is 1.31 bits per heavy atom. The molecule has 16 heavy (non-hydrogen) atoms. The Balaban J connectivity index is 1.91. The van der Waals surface area contributed by atoms with Gasteiger partial charge in [0.2, 0.25) is 0 Å². The van der Waals surface area contributed by atoms with E-state index in [0.29, 0.717) is 0 Å². The molecule has 2 unspecified atom stereocenters. The van der Waals surface area contributed by atoms with Crippen molar-refractivity contribution in [3.63, 3.8) is 0 Å². The molecule has 0 amide bonds. The van der Waals surface area contributed by atoms with Gasteiger partial charge in [-0.15, -0.1) is 0 Å². The van der Waals surface area contributed by atoms with Crippen molar-refractivity contribution in [2.45, 2.75) is 25.0 Å². The van der Waals surface area contributed by atoms with Crippen LogP contribution in [0.3, 0.4) is 0 Å². The van der Waals surface area contributed by atoms with E-state index >= 15 is 0 Å². The summed E-state index contributed by atoms with van der Waals surface area (Å²) in [6.45, 7) is 1.02. The molecular weight excluding hydrogens is 200 g/mol. The first kappa shape index (κ1) is 9.87. The number of H-pyrrole nitrogens is 1. The van der Waals surface area contributed by atoms with Gasteiger partial charge in [-0.2, -0.15) is 0 Å². The van der Waals surface area contributed by atoms with Crippen LogP contribution in [0.25, 0.3) is 10.9 Å². The van der Waals surface area contributed by atoms with Crippen molar-refractivity contribution in [1.82, 2.24) is 10.3 Å². The minimum absolute atomic E-state index is 0.219. The van der Waals surface area contributed by atoms with Crippen LogP contribution in [0, 0.1) is 0 Å². The molecule has 0 aliphatic carbocycles. The fourth-order valence-corrected chi connectivity index (χ4v) is 2.47. The molecule has 2 heterocycles. The van der Waals surface area contributed by atoms with E-state index in [1.54, 1.807) is 0 Å². The van der Waals surface area contributed by atoms with Gasteiger partial charge in [0.05, 0.1) is 6.10 Å². The van der Waals surface area contributed by atoms with Gasteiger partial charge >= 0.3 is 0 Å². The maximum absolute atomic E-state index is 10.2. The second-order valence-electron chi connectivity index (χ2n) is 4.47. The fraction of sp³-hybridized carbons (Fsp3) is 0.385. The summed E-state index contributed by atoms with van der Waals surface area (Å²) >= 11 is 0. The number of aliphatic hydroxyl groups is 1. The van der Waals surface area contributed by atoms with Gasteiger partial charge in [0.1, 0.15) is 0 Å². The Morgan fingerprint density at radius 3 is 3.06 bits per heavy atom. The number of nitrogens with one attached hydrogen (secondary N) is 2. The minimum Gasteiger partial charge on any atom is -0.387 e. The molecule has 3 N–H and O–H groups in total. The number of hydrogen-bond acceptors (Lipinski definition) is 2. The number of aromatic amines is 1. The zero-order valence-corrected chi connectivity index (χ0v) is 9.11. The van der Waals surface area contributed by atoms with Gasteiger partial charge in [-0.3, -0.25) is 0 Å². The van der Waals surface area contributed by atoms with Crippen LogP contribution in [0.2, 0.25) is 0 Å². The highest BCUT2D eigenvalue weighted by Crippen LogP contribution is 2.25. The standard InChI is InChI=1S/C13H16N2O/c16-13(12-2-1-6-14-12)10-3-4-11-9(8-10)5-7-15-11/h3-5,7-8,12-16H,1-2,6H2. The average Bonchev–Trinajstić information content (AvgIpc) is 2.98. The summed E-state index contributed by atoms with van der Waals surface area (Å²) in [5, 5.41) is 14.7. The Kier molecular flexibility index (Phi) is 2.42. The van der Waals surface area contributed by atoms with Crippen LogP contribution in [0.15, 0.2) is 30.5 Å². The van der Waals surface area contributed by atoms with Crippen LogP contribution in [0.5, 0.6) is 0 Å². The molecule has 3 heteroatoms. The summed E-state index contributed by atoms with van der Waals surface area (Å²) < 4.78 is 0. The molecule has 0 radical (unpaired) electrons. The molecule has 1 aliphatic rings. The zero-order valence-electron chi connectivity index (χ0n) is 9.11. The Labute approximate surface area is 94.5 Å². The average molecular weight is 216 g/mol. The third-order valence-corrected chi connectivity index (χ3v) is 3.40. The van der Waals surface area contributed by atoms with E-state index in [1.165, 1.54) is 0 Å². The van der Waals surface area contributed by atoms with E-state index in [4.69, 9.17) is 0 Å². The van der Waals surface area contributed by atoms with Crippen LogP contribution in [0.1, 0.15) is 24.5 Å². The van der Waals surface area contributed by atoms with Gasteiger partial charge < -0.3 is 15.4 Å². The number of hydrogen-bond donors (Lipinski definition) is 3. The second kappa shape index (κ2) is 3.92.